The molecule has 1 unspecified atom stereocenters. The van der Waals surface area contributed by atoms with Crippen molar-refractivity contribution in [1.29, 1.82) is 0 Å². The number of allylic oxidation sites excluding steroid dienone is 3. The third-order valence-corrected chi connectivity index (χ3v) is 6.09. The Bertz CT molecular complexity index is 1030. The van der Waals surface area contributed by atoms with Gasteiger partial charge in [0.15, 0.2) is 11.6 Å². The van der Waals surface area contributed by atoms with Crippen molar-refractivity contribution < 1.29 is 14.0 Å². The Balaban J connectivity index is 1.78. The molecule has 4 heteroatoms. The topological polar surface area (TPSA) is 50.5 Å². The van der Waals surface area contributed by atoms with E-state index in [1.807, 2.05) is 36.4 Å². The molecule has 5 rings (SSSR count). The number of nitrogens with zero attached hydrogens (tertiary/aromatic N) is 1. The Labute approximate surface area is 164 Å². The number of ketones is 2. The molecule has 1 aliphatic heterocycles. The SMILES string of the molecule is CCCCN1C2=C(C(=O)CCC2)C(c2ccco2)C2=C1c1ccccc1C2=O. The van der Waals surface area contributed by atoms with Crippen molar-refractivity contribution in [3.05, 3.63) is 76.4 Å². The van der Waals surface area contributed by atoms with Gasteiger partial charge in [-0.15, -0.1) is 0 Å². The fourth-order valence-corrected chi connectivity index (χ4v) is 4.88. The number of fused-ring (bicyclic) bond motifs is 2. The van der Waals surface area contributed by atoms with Gasteiger partial charge in [0.25, 0.3) is 0 Å². The van der Waals surface area contributed by atoms with Crippen molar-refractivity contribution in [2.24, 2.45) is 0 Å². The summed E-state index contributed by atoms with van der Waals surface area (Å²) in [6.45, 7) is 2.99. The molecule has 142 valence electrons. The standard InChI is InChI=1S/C24H23NO3/c1-2-3-13-25-17-10-6-11-18(26)20(17)21(19-12-7-14-28-19)22-23(25)15-8-4-5-9-16(15)24(22)27/h4-5,7-9,12,14,21H,2-3,6,10-11,13H2,1H3. The molecule has 0 N–H and O–H groups in total. The Morgan fingerprint density at radius 2 is 1.86 bits per heavy atom. The van der Waals surface area contributed by atoms with Crippen LogP contribution in [0.2, 0.25) is 0 Å². The number of furan rings is 1. The van der Waals surface area contributed by atoms with Gasteiger partial charge in [-0.25, -0.2) is 0 Å². The smallest absolute Gasteiger partial charge is 0.192 e. The molecule has 2 aromatic rings. The predicted molar refractivity (Wildman–Crippen MR) is 107 cm³/mol. The zero-order valence-electron chi connectivity index (χ0n) is 16.0. The van der Waals surface area contributed by atoms with Crippen LogP contribution in [0.1, 0.15) is 66.6 Å². The lowest BCUT2D eigenvalue weighted by atomic mass is 9.76. The molecule has 0 spiro atoms. The first-order chi connectivity index (χ1) is 13.7. The van der Waals surface area contributed by atoms with Crippen molar-refractivity contribution in [2.45, 2.75) is 44.9 Å². The molecule has 0 radical (unpaired) electrons. The predicted octanol–water partition coefficient (Wildman–Crippen LogP) is 5.09. The molecule has 3 aliphatic rings. The summed E-state index contributed by atoms with van der Waals surface area (Å²) in [4.78, 5) is 28.8. The van der Waals surface area contributed by atoms with Crippen molar-refractivity contribution in [1.82, 2.24) is 4.90 Å². The van der Waals surface area contributed by atoms with E-state index in [4.69, 9.17) is 4.42 Å². The van der Waals surface area contributed by atoms with Crippen LogP contribution in [-0.4, -0.2) is 23.0 Å². The first-order valence-electron chi connectivity index (χ1n) is 10.2. The summed E-state index contributed by atoms with van der Waals surface area (Å²) in [5.74, 6) is 0.468. The normalized spacial score (nSPS) is 21.2. The molecule has 1 atom stereocenters. The molecule has 28 heavy (non-hydrogen) atoms. The van der Waals surface area contributed by atoms with Crippen LogP contribution in [0.3, 0.4) is 0 Å². The first kappa shape index (κ1) is 17.2. The summed E-state index contributed by atoms with van der Waals surface area (Å²) in [6, 6.07) is 11.5. The van der Waals surface area contributed by atoms with Crippen LogP contribution in [0, 0.1) is 0 Å². The van der Waals surface area contributed by atoms with E-state index in [9.17, 15) is 9.59 Å². The van der Waals surface area contributed by atoms with Crippen molar-refractivity contribution in [3.8, 4) is 0 Å². The number of benzene rings is 1. The minimum atomic E-state index is -0.398. The second-order valence-corrected chi connectivity index (χ2v) is 7.73. The maximum atomic E-state index is 13.5. The van der Waals surface area contributed by atoms with Crippen LogP contribution >= 0.6 is 0 Å². The number of unbranched alkanes of at least 4 members (excludes halogenated alkanes) is 1. The summed E-state index contributed by atoms with van der Waals surface area (Å²) in [6.07, 6.45) is 5.98. The lowest BCUT2D eigenvalue weighted by molar-refractivity contribution is -0.116. The van der Waals surface area contributed by atoms with Crippen molar-refractivity contribution >= 4 is 17.3 Å². The number of carbonyl (C=O) groups excluding carboxylic acids is 2. The van der Waals surface area contributed by atoms with Crippen LogP contribution in [0.4, 0.5) is 0 Å². The van der Waals surface area contributed by atoms with Crippen molar-refractivity contribution in [2.75, 3.05) is 6.54 Å². The van der Waals surface area contributed by atoms with Gasteiger partial charge in [-0.05, 0) is 31.4 Å². The Morgan fingerprint density at radius 3 is 2.61 bits per heavy atom. The molecule has 4 nitrogen and oxygen atoms in total. The van der Waals surface area contributed by atoms with E-state index >= 15 is 0 Å². The van der Waals surface area contributed by atoms with E-state index in [2.05, 4.69) is 11.8 Å². The van der Waals surface area contributed by atoms with E-state index in [0.29, 0.717) is 17.8 Å². The molecular formula is C24H23NO3. The first-order valence-corrected chi connectivity index (χ1v) is 10.2. The summed E-state index contributed by atoms with van der Waals surface area (Å²) in [5, 5.41) is 0. The van der Waals surface area contributed by atoms with E-state index in [1.165, 1.54) is 0 Å². The lowest BCUT2D eigenvalue weighted by Gasteiger charge is -2.40. The van der Waals surface area contributed by atoms with Crippen LogP contribution in [0.15, 0.2) is 63.9 Å². The Morgan fingerprint density at radius 1 is 1.04 bits per heavy atom. The maximum absolute atomic E-state index is 13.5. The van der Waals surface area contributed by atoms with Gasteiger partial charge in [-0.1, -0.05) is 37.6 Å². The molecule has 1 aromatic heterocycles. The van der Waals surface area contributed by atoms with Gasteiger partial charge in [0.1, 0.15) is 5.76 Å². The molecule has 1 aromatic carbocycles. The summed E-state index contributed by atoms with van der Waals surface area (Å²) in [7, 11) is 0. The van der Waals surface area contributed by atoms with Gasteiger partial charge < -0.3 is 9.32 Å². The zero-order chi connectivity index (χ0) is 19.3. The summed E-state index contributed by atoms with van der Waals surface area (Å²) in [5.41, 5.74) is 5.29. The number of rotatable bonds is 4. The minimum Gasteiger partial charge on any atom is -0.468 e. The third-order valence-electron chi connectivity index (χ3n) is 6.09. The van der Waals surface area contributed by atoms with Gasteiger partial charge >= 0.3 is 0 Å². The van der Waals surface area contributed by atoms with Gasteiger partial charge in [0.2, 0.25) is 0 Å². The second-order valence-electron chi connectivity index (χ2n) is 7.73. The number of Topliss-reactive ketones (excluding diaryl/α,β-unsaturated/α-hetero) is 2. The highest BCUT2D eigenvalue weighted by Gasteiger charge is 2.47. The Hall–Kier alpha value is -2.88. The highest BCUT2D eigenvalue weighted by molar-refractivity contribution is 6.23. The molecular weight excluding hydrogens is 350 g/mol. The quantitative estimate of drug-likeness (QED) is 0.749. The fourth-order valence-electron chi connectivity index (χ4n) is 4.88. The van der Waals surface area contributed by atoms with Crippen LogP contribution in [-0.2, 0) is 4.79 Å². The van der Waals surface area contributed by atoms with E-state index in [-0.39, 0.29) is 11.6 Å². The van der Waals surface area contributed by atoms with E-state index < -0.39 is 5.92 Å². The van der Waals surface area contributed by atoms with Crippen LogP contribution in [0.5, 0.6) is 0 Å². The molecule has 0 amide bonds. The molecule has 0 bridgehead atoms. The molecule has 0 saturated carbocycles. The average Bonchev–Trinajstić information content (AvgIpc) is 3.34. The maximum Gasteiger partial charge on any atom is 0.192 e. The van der Waals surface area contributed by atoms with Gasteiger partial charge in [-0.3, -0.25) is 9.59 Å². The molecule has 0 saturated heterocycles. The van der Waals surface area contributed by atoms with Crippen LogP contribution < -0.4 is 0 Å². The van der Waals surface area contributed by atoms with Gasteiger partial charge in [0, 0.05) is 40.9 Å². The third kappa shape index (κ3) is 2.37. The fraction of sp³-hybridized carbons (Fsp3) is 0.333. The average molecular weight is 373 g/mol. The summed E-state index contributed by atoms with van der Waals surface area (Å²) < 4.78 is 5.75. The Kier molecular flexibility index (Phi) is 4.08. The number of carbonyl (C=O) groups is 2. The lowest BCUT2D eigenvalue weighted by Crippen LogP contribution is -2.35. The highest BCUT2D eigenvalue weighted by atomic mass is 16.3. The monoisotopic (exact) mass is 373 g/mol. The minimum absolute atomic E-state index is 0.0263. The molecule has 0 fully saturated rings. The van der Waals surface area contributed by atoms with Crippen LogP contribution in [0.25, 0.3) is 5.70 Å². The number of hydrogen-bond acceptors (Lipinski definition) is 4. The van der Waals surface area contributed by atoms with Gasteiger partial charge in [-0.2, -0.15) is 0 Å². The summed E-state index contributed by atoms with van der Waals surface area (Å²) >= 11 is 0. The number of hydrogen-bond donors (Lipinski definition) is 0. The second kappa shape index (κ2) is 6.62. The van der Waals surface area contributed by atoms with Gasteiger partial charge in [0.05, 0.1) is 17.9 Å². The van der Waals surface area contributed by atoms with Crippen molar-refractivity contribution in [3.63, 3.8) is 0 Å². The molecule has 2 heterocycles. The van der Waals surface area contributed by atoms with E-state index in [0.717, 1.165) is 60.3 Å². The highest BCUT2D eigenvalue weighted by Crippen LogP contribution is 2.52. The largest absolute Gasteiger partial charge is 0.468 e. The van der Waals surface area contributed by atoms with E-state index in [1.54, 1.807) is 6.26 Å². The molecule has 2 aliphatic carbocycles. The zero-order valence-corrected chi connectivity index (χ0v) is 16.0.